The van der Waals surface area contributed by atoms with Crippen molar-refractivity contribution in [2.45, 2.75) is 19.9 Å². The number of carbonyl (C=O) groups is 1. The minimum absolute atomic E-state index is 0.0866. The molecule has 2 heterocycles. The van der Waals surface area contributed by atoms with Crippen LogP contribution in [0.1, 0.15) is 12.6 Å². The maximum absolute atomic E-state index is 13.1. The number of amides is 1. The number of aryl methyl sites for hydroxylation is 1. The Morgan fingerprint density at radius 2 is 2.07 bits per heavy atom. The normalized spacial score (nSPS) is 14.3. The standard InChI is InChI=1S/C18H20ClFN4O3/c1-2-13-10-17(26)24(18(21-13)23-5-7-27-8-6-23)11-16(25)22-15-4-3-12(20)9-14(15)19/h3-4,9-10H,2,5-8,11H2,1H3,(H,22,25). The fourth-order valence-electron chi connectivity index (χ4n) is 2.80. The predicted molar refractivity (Wildman–Crippen MR) is 101 cm³/mol. The summed E-state index contributed by atoms with van der Waals surface area (Å²) in [7, 11) is 0. The summed E-state index contributed by atoms with van der Waals surface area (Å²) in [4.78, 5) is 31.5. The molecular weight excluding hydrogens is 375 g/mol. The van der Waals surface area contributed by atoms with Gasteiger partial charge in [0.15, 0.2) is 0 Å². The van der Waals surface area contributed by atoms with Gasteiger partial charge < -0.3 is 15.0 Å². The molecule has 0 radical (unpaired) electrons. The summed E-state index contributed by atoms with van der Waals surface area (Å²) in [5, 5.41) is 2.69. The Labute approximate surface area is 160 Å². The van der Waals surface area contributed by atoms with E-state index < -0.39 is 11.7 Å². The Bertz CT molecular complexity index is 897. The van der Waals surface area contributed by atoms with E-state index in [9.17, 15) is 14.0 Å². The third kappa shape index (κ3) is 4.64. The molecule has 1 amide bonds. The molecule has 1 aromatic heterocycles. The fourth-order valence-corrected chi connectivity index (χ4v) is 3.01. The molecule has 0 unspecified atom stereocenters. The number of hydrogen-bond donors (Lipinski definition) is 1. The number of morpholine rings is 1. The van der Waals surface area contributed by atoms with Crippen LogP contribution in [0.15, 0.2) is 29.1 Å². The number of ether oxygens (including phenoxy) is 1. The molecule has 0 spiro atoms. The highest BCUT2D eigenvalue weighted by Gasteiger charge is 2.20. The van der Waals surface area contributed by atoms with Gasteiger partial charge in [-0.2, -0.15) is 0 Å². The smallest absolute Gasteiger partial charge is 0.255 e. The third-order valence-electron chi connectivity index (χ3n) is 4.20. The van der Waals surface area contributed by atoms with Crippen molar-refractivity contribution >= 4 is 29.1 Å². The van der Waals surface area contributed by atoms with Crippen LogP contribution < -0.4 is 15.8 Å². The van der Waals surface area contributed by atoms with Crippen molar-refractivity contribution < 1.29 is 13.9 Å². The molecule has 1 saturated heterocycles. The first-order valence-corrected chi connectivity index (χ1v) is 9.04. The summed E-state index contributed by atoms with van der Waals surface area (Å²) < 4.78 is 19.8. The fraction of sp³-hybridized carbons (Fsp3) is 0.389. The Kier molecular flexibility index (Phi) is 6.08. The molecule has 2 aromatic rings. The summed E-state index contributed by atoms with van der Waals surface area (Å²) in [5.41, 5.74) is 0.644. The molecule has 1 aliphatic heterocycles. The number of carbonyl (C=O) groups excluding carboxylic acids is 1. The second-order valence-electron chi connectivity index (χ2n) is 6.10. The molecule has 1 aliphatic rings. The quantitative estimate of drug-likeness (QED) is 0.840. The van der Waals surface area contributed by atoms with E-state index in [0.717, 1.165) is 6.07 Å². The highest BCUT2D eigenvalue weighted by atomic mass is 35.5. The van der Waals surface area contributed by atoms with E-state index in [4.69, 9.17) is 16.3 Å². The van der Waals surface area contributed by atoms with E-state index >= 15 is 0 Å². The van der Waals surface area contributed by atoms with Gasteiger partial charge >= 0.3 is 0 Å². The summed E-state index contributed by atoms with van der Waals surface area (Å²) in [6.45, 7) is 3.93. The van der Waals surface area contributed by atoms with Crippen LogP contribution in [0.4, 0.5) is 16.0 Å². The number of benzene rings is 1. The van der Waals surface area contributed by atoms with Gasteiger partial charge in [0.25, 0.3) is 5.56 Å². The zero-order valence-electron chi connectivity index (χ0n) is 14.9. The first kappa shape index (κ1) is 19.3. The first-order chi connectivity index (χ1) is 13.0. The maximum Gasteiger partial charge on any atom is 0.255 e. The van der Waals surface area contributed by atoms with Crippen LogP contribution in [-0.2, 0) is 22.5 Å². The van der Waals surface area contributed by atoms with Gasteiger partial charge in [0.05, 0.1) is 23.9 Å². The molecule has 0 atom stereocenters. The van der Waals surface area contributed by atoms with E-state index in [1.807, 2.05) is 11.8 Å². The van der Waals surface area contributed by atoms with Gasteiger partial charge in [-0.25, -0.2) is 9.37 Å². The van der Waals surface area contributed by atoms with Crippen LogP contribution in [0.3, 0.4) is 0 Å². The molecule has 9 heteroatoms. The molecule has 0 bridgehead atoms. The zero-order valence-corrected chi connectivity index (χ0v) is 15.6. The van der Waals surface area contributed by atoms with Gasteiger partial charge in [-0.05, 0) is 24.6 Å². The lowest BCUT2D eigenvalue weighted by Crippen LogP contribution is -2.42. The number of nitrogens with one attached hydrogen (secondary N) is 1. The van der Waals surface area contributed by atoms with Crippen LogP contribution in [0, 0.1) is 5.82 Å². The number of halogens is 2. The molecular formula is C18H20ClFN4O3. The van der Waals surface area contributed by atoms with E-state index in [-0.39, 0.29) is 22.8 Å². The minimum atomic E-state index is -0.497. The largest absolute Gasteiger partial charge is 0.378 e. The summed E-state index contributed by atoms with van der Waals surface area (Å²) in [6.07, 6.45) is 0.616. The van der Waals surface area contributed by atoms with Crippen molar-refractivity contribution in [1.82, 2.24) is 9.55 Å². The van der Waals surface area contributed by atoms with Crippen molar-refractivity contribution in [3.05, 3.63) is 51.2 Å². The maximum atomic E-state index is 13.1. The Morgan fingerprint density at radius 1 is 1.33 bits per heavy atom. The van der Waals surface area contributed by atoms with Crippen LogP contribution in [0.25, 0.3) is 0 Å². The van der Waals surface area contributed by atoms with Crippen molar-refractivity contribution in [2.75, 3.05) is 36.5 Å². The lowest BCUT2D eigenvalue weighted by atomic mass is 10.3. The van der Waals surface area contributed by atoms with Crippen LogP contribution in [-0.4, -0.2) is 41.8 Å². The molecule has 7 nitrogen and oxygen atoms in total. The number of rotatable bonds is 5. The Balaban J connectivity index is 1.86. The molecule has 1 fully saturated rings. The van der Waals surface area contributed by atoms with Crippen LogP contribution in [0.2, 0.25) is 5.02 Å². The highest BCUT2D eigenvalue weighted by Crippen LogP contribution is 2.22. The van der Waals surface area contributed by atoms with Gasteiger partial charge in [-0.15, -0.1) is 0 Å². The number of nitrogens with zero attached hydrogens (tertiary/aromatic N) is 3. The van der Waals surface area contributed by atoms with E-state index in [1.165, 1.54) is 22.8 Å². The first-order valence-electron chi connectivity index (χ1n) is 8.66. The Morgan fingerprint density at radius 3 is 2.74 bits per heavy atom. The van der Waals surface area contributed by atoms with Crippen LogP contribution in [0.5, 0.6) is 0 Å². The molecule has 1 N–H and O–H groups in total. The summed E-state index contributed by atoms with van der Waals surface area (Å²) in [5.74, 6) is -0.502. The monoisotopic (exact) mass is 394 g/mol. The topological polar surface area (TPSA) is 76.5 Å². The second kappa shape index (κ2) is 8.49. The molecule has 27 heavy (non-hydrogen) atoms. The highest BCUT2D eigenvalue weighted by molar-refractivity contribution is 6.33. The van der Waals surface area contributed by atoms with Crippen molar-refractivity contribution in [3.8, 4) is 0 Å². The van der Waals surface area contributed by atoms with E-state index in [0.29, 0.717) is 44.4 Å². The lowest BCUT2D eigenvalue weighted by Gasteiger charge is -2.29. The molecule has 1 aromatic carbocycles. The number of anilines is 2. The minimum Gasteiger partial charge on any atom is -0.378 e. The second-order valence-corrected chi connectivity index (χ2v) is 6.50. The average molecular weight is 395 g/mol. The number of hydrogen-bond acceptors (Lipinski definition) is 5. The van der Waals surface area contributed by atoms with Crippen molar-refractivity contribution in [1.29, 1.82) is 0 Å². The molecule has 3 rings (SSSR count). The third-order valence-corrected chi connectivity index (χ3v) is 4.52. The number of aromatic nitrogens is 2. The SMILES string of the molecule is CCc1cc(=O)n(CC(=O)Nc2ccc(F)cc2Cl)c(N2CCOCC2)n1. The van der Waals surface area contributed by atoms with Crippen molar-refractivity contribution in [3.63, 3.8) is 0 Å². The average Bonchev–Trinajstić information content (AvgIpc) is 2.66. The van der Waals surface area contributed by atoms with Gasteiger partial charge in [0.2, 0.25) is 11.9 Å². The van der Waals surface area contributed by atoms with Gasteiger partial charge in [0.1, 0.15) is 12.4 Å². The lowest BCUT2D eigenvalue weighted by molar-refractivity contribution is -0.116. The zero-order chi connectivity index (χ0) is 19.4. The molecule has 144 valence electrons. The van der Waals surface area contributed by atoms with Gasteiger partial charge in [0, 0.05) is 24.8 Å². The van der Waals surface area contributed by atoms with Gasteiger partial charge in [-0.1, -0.05) is 18.5 Å². The molecule has 0 saturated carbocycles. The van der Waals surface area contributed by atoms with Gasteiger partial charge in [-0.3, -0.25) is 14.2 Å². The van der Waals surface area contributed by atoms with E-state index in [1.54, 1.807) is 0 Å². The predicted octanol–water partition coefficient (Wildman–Crippen LogP) is 2.07. The van der Waals surface area contributed by atoms with E-state index in [2.05, 4.69) is 10.3 Å². The summed E-state index contributed by atoms with van der Waals surface area (Å²) >= 11 is 5.94. The Hall–Kier alpha value is -2.45. The van der Waals surface area contributed by atoms with Crippen LogP contribution >= 0.6 is 11.6 Å². The van der Waals surface area contributed by atoms with Crippen molar-refractivity contribution in [2.24, 2.45) is 0 Å². The molecule has 0 aliphatic carbocycles. The summed E-state index contributed by atoms with van der Waals surface area (Å²) in [6, 6.07) is 5.12.